The van der Waals surface area contributed by atoms with Crippen LogP contribution < -0.4 is 0 Å². The van der Waals surface area contributed by atoms with Crippen LogP contribution in [-0.2, 0) is 38.0 Å². The lowest BCUT2D eigenvalue weighted by Gasteiger charge is -2.42. The zero-order valence-corrected chi connectivity index (χ0v) is 39.9. The largest absolute Gasteiger partial charge is 0.462 e. The molecule has 15 nitrogen and oxygen atoms in total. The maximum absolute atomic E-state index is 13.0. The Bertz CT molecular complexity index is 1380. The molecule has 2 rings (SSSR count). The summed E-state index contributed by atoms with van der Waals surface area (Å²) in [6.07, 6.45) is 25.3. The minimum absolute atomic E-state index is 0.142. The average molecular weight is 939 g/mol. The second kappa shape index (κ2) is 38.1. The Labute approximate surface area is 394 Å². The molecular formula is C51H86O15. The van der Waals surface area contributed by atoms with E-state index in [2.05, 4.69) is 74.6 Å². The Morgan fingerprint density at radius 1 is 0.500 bits per heavy atom. The molecule has 380 valence electrons. The molecule has 7 N–H and O–H groups in total. The maximum atomic E-state index is 13.0. The standard InChI is InChI=1S/C51H86O15/c1-3-5-7-9-11-13-15-17-19-21-23-25-27-29-31-33-42(53)61-36-39(64-43(54)34-32-30-28-26-24-22-20-18-16-14-12-10-8-6-4-2)37-62-50-49(60)47(58)45(56)41(66-50)38-63-51-48(59)46(57)44(55)40(35-52)65-51/h5,7,11-14,17-20,39-41,44-52,55-60H,3-4,6,8-10,15-16,21-38H2,1-2H3/b7-5+,13-11+,14-12+,19-17+,20-18+/t39-,40-,41-,44+,45+,46?,47?,48?,49?,50-,51-/m1/s1. The van der Waals surface area contributed by atoms with E-state index in [1.807, 2.05) is 0 Å². The highest BCUT2D eigenvalue weighted by molar-refractivity contribution is 5.70. The molecule has 0 bridgehead atoms. The van der Waals surface area contributed by atoms with Gasteiger partial charge in [0, 0.05) is 12.8 Å². The van der Waals surface area contributed by atoms with E-state index >= 15 is 0 Å². The fourth-order valence-electron chi connectivity index (χ4n) is 7.38. The van der Waals surface area contributed by atoms with Gasteiger partial charge in [-0.3, -0.25) is 9.59 Å². The predicted molar refractivity (Wildman–Crippen MR) is 252 cm³/mol. The second-order valence-corrected chi connectivity index (χ2v) is 17.3. The summed E-state index contributed by atoms with van der Waals surface area (Å²) in [5, 5.41) is 72.0. The van der Waals surface area contributed by atoms with Gasteiger partial charge in [0.25, 0.3) is 0 Å². The van der Waals surface area contributed by atoms with Crippen molar-refractivity contribution in [3.05, 3.63) is 60.8 Å². The summed E-state index contributed by atoms with van der Waals surface area (Å²) in [4.78, 5) is 25.7. The Kier molecular flexibility index (Phi) is 34.2. The zero-order valence-electron chi connectivity index (χ0n) is 39.9. The van der Waals surface area contributed by atoms with E-state index in [4.69, 9.17) is 28.4 Å². The number of rotatable bonds is 37. The maximum Gasteiger partial charge on any atom is 0.306 e. The van der Waals surface area contributed by atoms with Gasteiger partial charge in [-0.25, -0.2) is 0 Å². The second-order valence-electron chi connectivity index (χ2n) is 17.3. The van der Waals surface area contributed by atoms with Crippen molar-refractivity contribution in [3.8, 4) is 0 Å². The molecule has 0 saturated carbocycles. The number of carbonyl (C=O) groups excluding carboxylic acids is 2. The van der Waals surface area contributed by atoms with Gasteiger partial charge in [-0.15, -0.1) is 0 Å². The first-order valence-electron chi connectivity index (χ1n) is 24.9. The lowest BCUT2D eigenvalue weighted by molar-refractivity contribution is -0.332. The van der Waals surface area contributed by atoms with Gasteiger partial charge in [-0.05, 0) is 77.0 Å². The highest BCUT2D eigenvalue weighted by atomic mass is 16.7. The normalized spacial score (nSPS) is 26.7. The minimum Gasteiger partial charge on any atom is -0.462 e. The van der Waals surface area contributed by atoms with E-state index in [-0.39, 0.29) is 19.4 Å². The van der Waals surface area contributed by atoms with Crippen molar-refractivity contribution in [2.45, 2.75) is 223 Å². The number of esters is 2. The number of allylic oxidation sites excluding steroid dienone is 10. The van der Waals surface area contributed by atoms with Crippen LogP contribution in [0.2, 0.25) is 0 Å². The third-order valence-corrected chi connectivity index (χ3v) is 11.5. The molecule has 66 heavy (non-hydrogen) atoms. The lowest BCUT2D eigenvalue weighted by atomic mass is 9.98. The minimum atomic E-state index is -1.77. The molecule has 0 aliphatic carbocycles. The number of unbranched alkanes of at least 4 members (excludes halogenated alkanes) is 13. The summed E-state index contributed by atoms with van der Waals surface area (Å²) < 4.78 is 33.5. The first-order chi connectivity index (χ1) is 32.0. The van der Waals surface area contributed by atoms with Crippen molar-refractivity contribution >= 4 is 11.9 Å². The zero-order chi connectivity index (χ0) is 48.2. The Balaban J connectivity index is 1.84. The van der Waals surface area contributed by atoms with Crippen LogP contribution in [0.5, 0.6) is 0 Å². The summed E-state index contributed by atoms with van der Waals surface area (Å²) in [6.45, 7) is 2.40. The van der Waals surface area contributed by atoms with Crippen LogP contribution in [-0.4, -0.2) is 142 Å². The molecule has 2 saturated heterocycles. The van der Waals surface area contributed by atoms with Gasteiger partial charge in [0.2, 0.25) is 0 Å². The lowest BCUT2D eigenvalue weighted by Crippen LogP contribution is -2.61. The monoisotopic (exact) mass is 939 g/mol. The molecule has 2 aliphatic rings. The van der Waals surface area contributed by atoms with Crippen molar-refractivity contribution in [2.75, 3.05) is 26.4 Å². The molecule has 0 aromatic heterocycles. The van der Waals surface area contributed by atoms with E-state index in [1.54, 1.807) is 0 Å². The van der Waals surface area contributed by atoms with Crippen LogP contribution >= 0.6 is 0 Å². The number of aliphatic hydroxyl groups is 7. The fraction of sp³-hybridized carbons (Fsp3) is 0.765. The van der Waals surface area contributed by atoms with Crippen molar-refractivity contribution in [3.63, 3.8) is 0 Å². The topological polar surface area (TPSA) is 231 Å². The summed E-state index contributed by atoms with van der Waals surface area (Å²) >= 11 is 0. The average Bonchev–Trinajstić information content (AvgIpc) is 3.31. The van der Waals surface area contributed by atoms with Crippen LogP contribution in [0.4, 0.5) is 0 Å². The predicted octanol–water partition coefficient (Wildman–Crippen LogP) is 6.49. The Morgan fingerprint density at radius 2 is 0.955 bits per heavy atom. The molecule has 11 atom stereocenters. The molecule has 0 spiro atoms. The molecule has 15 heteroatoms. The number of hydrogen-bond donors (Lipinski definition) is 7. The van der Waals surface area contributed by atoms with E-state index in [9.17, 15) is 45.3 Å². The molecule has 0 aromatic rings. The van der Waals surface area contributed by atoms with E-state index < -0.39 is 99.3 Å². The number of carbonyl (C=O) groups is 2. The SMILES string of the molecule is CC/C=C/C/C=C/C/C=C/CCCCCCCC(=O)OC[C@H](CO[C@@H]1O[C@H](CO[C@@H]2O[C@H](CO)[C@H](O)C(O)C2O)[C@H](O)C(O)C1O)OC(=O)CCCCCCC/C=C/C/C=C/CCCCC. The molecule has 0 radical (unpaired) electrons. The molecule has 2 heterocycles. The quantitative estimate of drug-likeness (QED) is 0.0201. The number of ether oxygens (including phenoxy) is 6. The molecule has 2 fully saturated rings. The summed E-state index contributed by atoms with van der Waals surface area (Å²) in [6, 6.07) is 0. The van der Waals surface area contributed by atoms with Crippen molar-refractivity contribution < 1.29 is 73.8 Å². The van der Waals surface area contributed by atoms with Crippen molar-refractivity contribution in [1.82, 2.24) is 0 Å². The van der Waals surface area contributed by atoms with Gasteiger partial charge in [0.05, 0.1) is 19.8 Å². The smallest absolute Gasteiger partial charge is 0.306 e. The van der Waals surface area contributed by atoms with E-state index in [0.717, 1.165) is 96.3 Å². The Morgan fingerprint density at radius 3 is 1.50 bits per heavy atom. The fourth-order valence-corrected chi connectivity index (χ4v) is 7.38. The first-order valence-corrected chi connectivity index (χ1v) is 24.9. The Hall–Kier alpha value is -2.80. The summed E-state index contributed by atoms with van der Waals surface area (Å²) in [7, 11) is 0. The molecule has 0 amide bonds. The number of aliphatic hydroxyl groups excluding tert-OH is 7. The summed E-state index contributed by atoms with van der Waals surface area (Å²) in [5.74, 6) is -0.966. The van der Waals surface area contributed by atoms with Crippen LogP contribution in [0.25, 0.3) is 0 Å². The third kappa shape index (κ3) is 26.1. The van der Waals surface area contributed by atoms with Gasteiger partial charge < -0.3 is 64.2 Å². The van der Waals surface area contributed by atoms with Crippen LogP contribution in [0.3, 0.4) is 0 Å². The van der Waals surface area contributed by atoms with Crippen LogP contribution in [0, 0.1) is 0 Å². The molecule has 4 unspecified atom stereocenters. The highest BCUT2D eigenvalue weighted by Crippen LogP contribution is 2.26. The van der Waals surface area contributed by atoms with Crippen LogP contribution in [0.1, 0.15) is 155 Å². The highest BCUT2D eigenvalue weighted by Gasteiger charge is 2.47. The van der Waals surface area contributed by atoms with Gasteiger partial charge in [-0.1, -0.05) is 126 Å². The van der Waals surface area contributed by atoms with Crippen molar-refractivity contribution in [1.29, 1.82) is 0 Å². The van der Waals surface area contributed by atoms with Gasteiger partial charge in [0.1, 0.15) is 55.4 Å². The van der Waals surface area contributed by atoms with Crippen molar-refractivity contribution in [2.24, 2.45) is 0 Å². The van der Waals surface area contributed by atoms with Gasteiger partial charge >= 0.3 is 11.9 Å². The number of hydrogen-bond acceptors (Lipinski definition) is 15. The molecular weight excluding hydrogens is 853 g/mol. The van der Waals surface area contributed by atoms with Gasteiger partial charge in [-0.2, -0.15) is 0 Å². The van der Waals surface area contributed by atoms with Gasteiger partial charge in [0.15, 0.2) is 18.7 Å². The molecule has 2 aliphatic heterocycles. The van der Waals surface area contributed by atoms with E-state index in [1.165, 1.54) is 19.3 Å². The first kappa shape index (κ1) is 59.3. The third-order valence-electron chi connectivity index (χ3n) is 11.5. The van der Waals surface area contributed by atoms with E-state index in [0.29, 0.717) is 12.8 Å². The summed E-state index contributed by atoms with van der Waals surface area (Å²) in [5.41, 5.74) is 0. The molecule has 0 aromatic carbocycles. The van der Waals surface area contributed by atoms with Crippen LogP contribution in [0.15, 0.2) is 60.8 Å².